The fourth-order valence-corrected chi connectivity index (χ4v) is 0.736. The molecule has 0 aliphatic carbocycles. The SMILES string of the molecule is NCCOc1ccc(Cl)nc1. The molecule has 1 aromatic rings. The zero-order valence-corrected chi connectivity index (χ0v) is 6.71. The Kier molecular flexibility index (Phi) is 3.14. The standard InChI is InChI=1S/C7H9ClN2O/c8-7-2-1-6(5-10-7)11-4-3-9/h1-2,5H,3-4,9H2. The van der Waals surface area contributed by atoms with E-state index in [1.807, 2.05) is 0 Å². The quantitative estimate of drug-likeness (QED) is 0.694. The molecule has 0 aromatic carbocycles. The average molecular weight is 173 g/mol. The fourth-order valence-electron chi connectivity index (χ4n) is 0.624. The van der Waals surface area contributed by atoms with Crippen LogP contribution in [-0.4, -0.2) is 18.1 Å². The van der Waals surface area contributed by atoms with Gasteiger partial charge in [-0.25, -0.2) is 4.98 Å². The predicted molar refractivity (Wildman–Crippen MR) is 43.8 cm³/mol. The van der Waals surface area contributed by atoms with Crippen LogP contribution in [0.4, 0.5) is 0 Å². The second-order valence-electron chi connectivity index (χ2n) is 1.95. The van der Waals surface area contributed by atoms with E-state index in [1.165, 1.54) is 0 Å². The average Bonchev–Trinajstić information content (AvgIpc) is 2.04. The third-order valence-electron chi connectivity index (χ3n) is 1.09. The Morgan fingerprint density at radius 1 is 1.55 bits per heavy atom. The van der Waals surface area contributed by atoms with Crippen molar-refractivity contribution in [2.75, 3.05) is 13.2 Å². The van der Waals surface area contributed by atoms with Crippen LogP contribution in [0, 0.1) is 0 Å². The molecule has 0 aliphatic heterocycles. The van der Waals surface area contributed by atoms with Gasteiger partial charge in [0.25, 0.3) is 0 Å². The number of pyridine rings is 1. The van der Waals surface area contributed by atoms with E-state index in [9.17, 15) is 0 Å². The minimum absolute atomic E-state index is 0.463. The van der Waals surface area contributed by atoms with Crippen LogP contribution in [-0.2, 0) is 0 Å². The zero-order valence-electron chi connectivity index (χ0n) is 5.96. The number of hydrogen-bond donors (Lipinski definition) is 1. The van der Waals surface area contributed by atoms with E-state index in [4.69, 9.17) is 22.1 Å². The first kappa shape index (κ1) is 8.30. The molecule has 0 fully saturated rings. The molecule has 0 atom stereocenters. The molecule has 3 nitrogen and oxygen atoms in total. The first-order chi connectivity index (χ1) is 5.33. The van der Waals surface area contributed by atoms with Crippen LogP contribution in [0.5, 0.6) is 5.75 Å². The molecule has 0 spiro atoms. The highest BCUT2D eigenvalue weighted by molar-refractivity contribution is 6.29. The number of rotatable bonds is 3. The molecule has 0 unspecified atom stereocenters. The zero-order chi connectivity index (χ0) is 8.10. The topological polar surface area (TPSA) is 48.1 Å². The highest BCUT2D eigenvalue weighted by Crippen LogP contribution is 2.11. The molecule has 0 aliphatic rings. The third-order valence-corrected chi connectivity index (χ3v) is 1.31. The van der Waals surface area contributed by atoms with Crippen LogP contribution >= 0.6 is 11.6 Å². The molecule has 1 aromatic heterocycles. The largest absolute Gasteiger partial charge is 0.491 e. The molecule has 60 valence electrons. The summed E-state index contributed by atoms with van der Waals surface area (Å²) in [6.45, 7) is 1.01. The highest BCUT2D eigenvalue weighted by atomic mass is 35.5. The summed E-state index contributed by atoms with van der Waals surface area (Å²) in [4.78, 5) is 3.83. The normalized spacial score (nSPS) is 9.64. The van der Waals surface area contributed by atoms with Crippen molar-refractivity contribution in [1.82, 2.24) is 4.98 Å². The van der Waals surface area contributed by atoms with E-state index in [-0.39, 0.29) is 0 Å². The second-order valence-corrected chi connectivity index (χ2v) is 2.34. The number of ether oxygens (including phenoxy) is 1. The summed E-state index contributed by atoms with van der Waals surface area (Å²) in [7, 11) is 0. The van der Waals surface area contributed by atoms with Crippen LogP contribution < -0.4 is 10.5 Å². The number of hydrogen-bond acceptors (Lipinski definition) is 3. The van der Waals surface area contributed by atoms with Crippen LogP contribution in [0.2, 0.25) is 5.15 Å². The maximum absolute atomic E-state index is 5.55. The summed E-state index contributed by atoms with van der Waals surface area (Å²) in [5.41, 5.74) is 5.23. The van der Waals surface area contributed by atoms with Crippen molar-refractivity contribution in [3.8, 4) is 5.75 Å². The third kappa shape index (κ3) is 2.74. The van der Waals surface area contributed by atoms with E-state index >= 15 is 0 Å². The smallest absolute Gasteiger partial charge is 0.137 e. The summed E-state index contributed by atoms with van der Waals surface area (Å²) < 4.78 is 5.16. The highest BCUT2D eigenvalue weighted by Gasteiger charge is 1.92. The molecule has 4 heteroatoms. The molecular weight excluding hydrogens is 164 g/mol. The lowest BCUT2D eigenvalue weighted by Crippen LogP contribution is -2.10. The molecule has 1 rings (SSSR count). The summed E-state index contributed by atoms with van der Waals surface area (Å²) in [5, 5.41) is 0.463. The van der Waals surface area contributed by atoms with Gasteiger partial charge in [0.1, 0.15) is 17.5 Å². The van der Waals surface area contributed by atoms with Crippen molar-refractivity contribution >= 4 is 11.6 Å². The van der Waals surface area contributed by atoms with Gasteiger partial charge in [-0.05, 0) is 12.1 Å². The molecule has 11 heavy (non-hydrogen) atoms. The Labute approximate surface area is 70.1 Å². The van der Waals surface area contributed by atoms with Crippen LogP contribution in [0.3, 0.4) is 0 Å². The van der Waals surface area contributed by atoms with Crippen LogP contribution in [0.1, 0.15) is 0 Å². The molecule has 0 saturated carbocycles. The number of nitrogens with zero attached hydrogens (tertiary/aromatic N) is 1. The van der Waals surface area contributed by atoms with Crippen molar-refractivity contribution in [2.45, 2.75) is 0 Å². The van der Waals surface area contributed by atoms with Crippen molar-refractivity contribution in [3.05, 3.63) is 23.5 Å². The lowest BCUT2D eigenvalue weighted by atomic mass is 10.5. The van der Waals surface area contributed by atoms with Gasteiger partial charge in [-0.2, -0.15) is 0 Å². The Hall–Kier alpha value is -0.800. The Balaban J connectivity index is 2.52. The molecule has 0 radical (unpaired) electrons. The van der Waals surface area contributed by atoms with Gasteiger partial charge in [0.05, 0.1) is 6.20 Å². The first-order valence-electron chi connectivity index (χ1n) is 3.27. The van der Waals surface area contributed by atoms with Crippen LogP contribution in [0.15, 0.2) is 18.3 Å². The van der Waals surface area contributed by atoms with Crippen molar-refractivity contribution in [2.24, 2.45) is 5.73 Å². The summed E-state index contributed by atoms with van der Waals surface area (Å²) in [6, 6.07) is 3.43. The van der Waals surface area contributed by atoms with E-state index in [2.05, 4.69) is 4.98 Å². The first-order valence-corrected chi connectivity index (χ1v) is 3.65. The fraction of sp³-hybridized carbons (Fsp3) is 0.286. The maximum atomic E-state index is 5.55. The molecule has 1 heterocycles. The predicted octanol–water partition coefficient (Wildman–Crippen LogP) is 1.07. The van der Waals surface area contributed by atoms with Gasteiger partial charge in [-0.3, -0.25) is 0 Å². The van der Waals surface area contributed by atoms with E-state index in [0.29, 0.717) is 24.1 Å². The maximum Gasteiger partial charge on any atom is 0.137 e. The Bertz CT molecular complexity index is 212. The summed E-state index contributed by atoms with van der Waals surface area (Å²) in [6.07, 6.45) is 1.57. The summed E-state index contributed by atoms with van der Waals surface area (Å²) >= 11 is 5.55. The molecular formula is C7H9ClN2O. The van der Waals surface area contributed by atoms with Gasteiger partial charge >= 0.3 is 0 Å². The lowest BCUT2D eigenvalue weighted by Gasteiger charge is -2.02. The monoisotopic (exact) mass is 172 g/mol. The minimum atomic E-state index is 0.463. The van der Waals surface area contributed by atoms with Gasteiger partial charge < -0.3 is 10.5 Å². The summed E-state index contributed by atoms with van der Waals surface area (Å²) in [5.74, 6) is 0.694. The Morgan fingerprint density at radius 3 is 2.91 bits per heavy atom. The molecule has 0 bridgehead atoms. The Morgan fingerprint density at radius 2 is 2.36 bits per heavy atom. The van der Waals surface area contributed by atoms with Crippen molar-refractivity contribution in [1.29, 1.82) is 0 Å². The number of halogens is 1. The minimum Gasteiger partial charge on any atom is -0.491 e. The van der Waals surface area contributed by atoms with Gasteiger partial charge in [0.2, 0.25) is 0 Å². The van der Waals surface area contributed by atoms with Crippen molar-refractivity contribution < 1.29 is 4.74 Å². The molecule has 2 N–H and O–H groups in total. The van der Waals surface area contributed by atoms with E-state index in [0.717, 1.165) is 0 Å². The molecule has 0 saturated heterocycles. The lowest BCUT2D eigenvalue weighted by molar-refractivity contribution is 0.327. The van der Waals surface area contributed by atoms with Gasteiger partial charge in [-0.1, -0.05) is 11.6 Å². The van der Waals surface area contributed by atoms with Crippen molar-refractivity contribution in [3.63, 3.8) is 0 Å². The number of nitrogens with two attached hydrogens (primary N) is 1. The number of aromatic nitrogens is 1. The van der Waals surface area contributed by atoms with Gasteiger partial charge in [-0.15, -0.1) is 0 Å². The van der Waals surface area contributed by atoms with Crippen LogP contribution in [0.25, 0.3) is 0 Å². The van der Waals surface area contributed by atoms with E-state index < -0.39 is 0 Å². The molecule has 0 amide bonds. The van der Waals surface area contributed by atoms with Gasteiger partial charge in [0, 0.05) is 6.54 Å². The van der Waals surface area contributed by atoms with E-state index in [1.54, 1.807) is 18.3 Å². The van der Waals surface area contributed by atoms with Gasteiger partial charge in [0.15, 0.2) is 0 Å². The second kappa shape index (κ2) is 4.16.